The lowest BCUT2D eigenvalue weighted by Crippen LogP contribution is -2.35. The van der Waals surface area contributed by atoms with Gasteiger partial charge in [0.15, 0.2) is 0 Å². The largest absolute Gasteiger partial charge is 0.371 e. The predicted molar refractivity (Wildman–Crippen MR) is 77.8 cm³/mol. The highest BCUT2D eigenvalue weighted by atomic mass is 16.5. The summed E-state index contributed by atoms with van der Waals surface area (Å²) < 4.78 is 5.93. The van der Waals surface area contributed by atoms with Crippen LogP contribution in [0.1, 0.15) is 42.6 Å². The van der Waals surface area contributed by atoms with Gasteiger partial charge in [0.1, 0.15) is 11.9 Å². The maximum absolute atomic E-state index is 5.93. The van der Waals surface area contributed by atoms with Gasteiger partial charge in [-0.2, -0.15) is 0 Å². The second kappa shape index (κ2) is 5.74. The fourth-order valence-electron chi connectivity index (χ4n) is 2.98. The normalized spacial score (nSPS) is 19.5. The molecular weight excluding hydrogens is 236 g/mol. The fraction of sp³-hybridized carbons (Fsp3) is 0.562. The molecule has 0 saturated heterocycles. The first kappa shape index (κ1) is 12.7. The minimum absolute atomic E-state index is 0.0174. The summed E-state index contributed by atoms with van der Waals surface area (Å²) in [6.45, 7) is 4.68. The van der Waals surface area contributed by atoms with E-state index in [-0.39, 0.29) is 6.10 Å². The Hall–Kier alpha value is -1.35. The second-order valence-corrected chi connectivity index (χ2v) is 5.26. The molecule has 3 rings (SSSR count). The molecule has 1 aliphatic heterocycles. The van der Waals surface area contributed by atoms with Crippen molar-refractivity contribution in [3.8, 4) is 0 Å². The summed E-state index contributed by atoms with van der Waals surface area (Å²) in [5.41, 5.74) is 4.26. The van der Waals surface area contributed by atoms with Crippen LogP contribution in [-0.4, -0.2) is 25.5 Å². The van der Waals surface area contributed by atoms with Gasteiger partial charge in [-0.25, -0.2) is 0 Å². The SMILES string of the molecule is CCO[C@@H](C1=NCCCN1)c1ccc2c(c1)CCC2. The van der Waals surface area contributed by atoms with Gasteiger partial charge in [0.2, 0.25) is 0 Å². The molecule has 1 aromatic carbocycles. The minimum Gasteiger partial charge on any atom is -0.371 e. The summed E-state index contributed by atoms with van der Waals surface area (Å²) in [5.74, 6) is 1.01. The Balaban J connectivity index is 1.89. The Kier molecular flexibility index (Phi) is 3.83. The number of aryl methyl sites for hydroxylation is 2. The molecule has 1 aromatic rings. The van der Waals surface area contributed by atoms with Crippen molar-refractivity contribution in [2.45, 2.75) is 38.7 Å². The van der Waals surface area contributed by atoms with Crippen molar-refractivity contribution >= 4 is 5.84 Å². The zero-order valence-corrected chi connectivity index (χ0v) is 11.6. The molecule has 0 bridgehead atoms. The van der Waals surface area contributed by atoms with Crippen LogP contribution in [0.25, 0.3) is 0 Å². The lowest BCUT2D eigenvalue weighted by atomic mass is 10.0. The lowest BCUT2D eigenvalue weighted by Gasteiger charge is -2.24. The van der Waals surface area contributed by atoms with Gasteiger partial charge in [-0.3, -0.25) is 4.99 Å². The highest BCUT2D eigenvalue weighted by Crippen LogP contribution is 2.27. The van der Waals surface area contributed by atoms with Crippen molar-refractivity contribution < 1.29 is 4.74 Å². The van der Waals surface area contributed by atoms with E-state index in [2.05, 4.69) is 28.5 Å². The molecule has 102 valence electrons. The molecule has 2 aliphatic rings. The second-order valence-electron chi connectivity index (χ2n) is 5.26. The van der Waals surface area contributed by atoms with E-state index in [1.807, 2.05) is 6.92 Å². The molecule has 19 heavy (non-hydrogen) atoms. The Morgan fingerprint density at radius 1 is 1.26 bits per heavy atom. The van der Waals surface area contributed by atoms with E-state index in [9.17, 15) is 0 Å². The quantitative estimate of drug-likeness (QED) is 0.900. The summed E-state index contributed by atoms with van der Waals surface area (Å²) in [4.78, 5) is 4.60. The monoisotopic (exact) mass is 258 g/mol. The van der Waals surface area contributed by atoms with E-state index in [0.29, 0.717) is 6.61 Å². The van der Waals surface area contributed by atoms with Crippen molar-refractivity contribution in [3.05, 3.63) is 34.9 Å². The van der Waals surface area contributed by atoms with E-state index in [1.165, 1.54) is 36.0 Å². The predicted octanol–water partition coefficient (Wildman–Crippen LogP) is 2.64. The molecule has 0 unspecified atom stereocenters. The standard InChI is InChI=1S/C16H22N2O/c1-2-19-15(16-17-9-4-10-18-16)14-8-7-12-5-3-6-13(12)11-14/h7-8,11,15H,2-6,9-10H2,1H3,(H,17,18)/t15-/m1/s1. The van der Waals surface area contributed by atoms with Gasteiger partial charge in [0, 0.05) is 19.7 Å². The van der Waals surface area contributed by atoms with Gasteiger partial charge >= 0.3 is 0 Å². The molecular formula is C16H22N2O. The van der Waals surface area contributed by atoms with Crippen molar-refractivity contribution in [3.63, 3.8) is 0 Å². The van der Waals surface area contributed by atoms with Crippen LogP contribution < -0.4 is 5.32 Å². The van der Waals surface area contributed by atoms with Crippen molar-refractivity contribution in [2.75, 3.05) is 19.7 Å². The maximum Gasteiger partial charge on any atom is 0.139 e. The number of ether oxygens (including phenoxy) is 1. The van der Waals surface area contributed by atoms with Crippen LogP contribution in [0.5, 0.6) is 0 Å². The van der Waals surface area contributed by atoms with Gasteiger partial charge < -0.3 is 10.1 Å². The van der Waals surface area contributed by atoms with Crippen LogP contribution in [0.15, 0.2) is 23.2 Å². The van der Waals surface area contributed by atoms with Crippen molar-refractivity contribution in [1.29, 1.82) is 0 Å². The summed E-state index contributed by atoms with van der Waals surface area (Å²) in [6, 6.07) is 6.80. The lowest BCUT2D eigenvalue weighted by molar-refractivity contribution is 0.107. The minimum atomic E-state index is -0.0174. The average Bonchev–Trinajstić information content (AvgIpc) is 2.93. The van der Waals surface area contributed by atoms with Gasteiger partial charge in [0.25, 0.3) is 0 Å². The Bertz CT molecular complexity index is 482. The third-order valence-corrected chi connectivity index (χ3v) is 3.93. The third kappa shape index (κ3) is 2.66. The van der Waals surface area contributed by atoms with Crippen LogP contribution in [0, 0.1) is 0 Å². The third-order valence-electron chi connectivity index (χ3n) is 3.93. The average molecular weight is 258 g/mol. The first-order chi connectivity index (χ1) is 9.38. The molecule has 3 nitrogen and oxygen atoms in total. The van der Waals surface area contributed by atoms with Gasteiger partial charge in [0.05, 0.1) is 0 Å². The number of aliphatic imine (C=N–C) groups is 1. The highest BCUT2D eigenvalue weighted by molar-refractivity contribution is 5.88. The number of fused-ring (bicyclic) bond motifs is 1. The number of benzene rings is 1. The summed E-state index contributed by atoms with van der Waals surface area (Å²) in [5, 5.41) is 3.40. The molecule has 0 amide bonds. The smallest absolute Gasteiger partial charge is 0.139 e. The first-order valence-corrected chi connectivity index (χ1v) is 7.40. The molecule has 1 heterocycles. The van der Waals surface area contributed by atoms with Crippen molar-refractivity contribution in [2.24, 2.45) is 4.99 Å². The number of amidine groups is 1. The topological polar surface area (TPSA) is 33.6 Å². The Morgan fingerprint density at radius 2 is 2.16 bits per heavy atom. The van der Waals surface area contributed by atoms with E-state index < -0.39 is 0 Å². The molecule has 3 heteroatoms. The number of nitrogens with one attached hydrogen (secondary N) is 1. The van der Waals surface area contributed by atoms with Crippen LogP contribution in [0.4, 0.5) is 0 Å². The zero-order valence-electron chi connectivity index (χ0n) is 11.6. The molecule has 0 aromatic heterocycles. The summed E-state index contributed by atoms with van der Waals surface area (Å²) >= 11 is 0. The number of hydrogen-bond donors (Lipinski definition) is 1. The summed E-state index contributed by atoms with van der Waals surface area (Å²) in [6.07, 6.45) is 4.83. The van der Waals surface area contributed by atoms with Crippen molar-refractivity contribution in [1.82, 2.24) is 5.32 Å². The van der Waals surface area contributed by atoms with Gasteiger partial charge in [-0.15, -0.1) is 0 Å². The maximum atomic E-state index is 5.93. The Morgan fingerprint density at radius 3 is 2.95 bits per heavy atom. The molecule has 0 spiro atoms. The molecule has 0 radical (unpaired) electrons. The first-order valence-electron chi connectivity index (χ1n) is 7.40. The van der Waals surface area contributed by atoms with Crippen LogP contribution in [0.3, 0.4) is 0 Å². The van der Waals surface area contributed by atoms with Crippen LogP contribution in [-0.2, 0) is 17.6 Å². The Labute approximate surface area is 115 Å². The molecule has 0 saturated carbocycles. The van der Waals surface area contributed by atoms with E-state index >= 15 is 0 Å². The van der Waals surface area contributed by atoms with E-state index in [1.54, 1.807) is 0 Å². The van der Waals surface area contributed by atoms with Gasteiger partial charge in [-0.1, -0.05) is 18.2 Å². The highest BCUT2D eigenvalue weighted by Gasteiger charge is 2.22. The van der Waals surface area contributed by atoms with Crippen LogP contribution >= 0.6 is 0 Å². The zero-order chi connectivity index (χ0) is 13.1. The molecule has 0 fully saturated rings. The van der Waals surface area contributed by atoms with E-state index in [4.69, 9.17) is 4.74 Å². The molecule has 1 N–H and O–H groups in total. The van der Waals surface area contributed by atoms with E-state index in [0.717, 1.165) is 25.3 Å². The fourth-order valence-corrected chi connectivity index (χ4v) is 2.98. The molecule has 1 atom stereocenters. The summed E-state index contributed by atoms with van der Waals surface area (Å²) in [7, 11) is 0. The number of nitrogens with zero attached hydrogens (tertiary/aromatic N) is 1. The number of rotatable bonds is 4. The van der Waals surface area contributed by atoms with Gasteiger partial charge in [-0.05, 0) is 49.3 Å². The van der Waals surface area contributed by atoms with Crippen LogP contribution in [0.2, 0.25) is 0 Å². The molecule has 1 aliphatic carbocycles. The number of hydrogen-bond acceptors (Lipinski definition) is 3.